The molecule has 0 heterocycles. The summed E-state index contributed by atoms with van der Waals surface area (Å²) in [6.07, 6.45) is 0. The number of carbonyl (C=O) groups excluding carboxylic acids is 2. The van der Waals surface area contributed by atoms with Gasteiger partial charge in [-0.25, -0.2) is 0 Å². The van der Waals surface area contributed by atoms with Crippen molar-refractivity contribution in [2.24, 2.45) is 0 Å². The number of carbonyl (C=O) groups is 2. The largest absolute Gasteiger partial charge is 0.497 e. The number of amides is 2. The molecule has 0 unspecified atom stereocenters. The van der Waals surface area contributed by atoms with Gasteiger partial charge in [-0.3, -0.25) is 9.59 Å². The van der Waals surface area contributed by atoms with E-state index in [1.54, 1.807) is 37.4 Å². The first kappa shape index (κ1) is 28.0. The molecule has 1 atom stereocenters. The molecule has 4 aromatic rings. The van der Waals surface area contributed by atoms with Gasteiger partial charge in [-0.15, -0.1) is 0 Å². The SMILES string of the molecule is COc1ccc(CN(C(=O)COc2ccccc2)[C@H](C(=O)NCc2ccc(Cl)cc2Cl)c2ccccc2)cc1. The zero-order valence-electron chi connectivity index (χ0n) is 21.3. The number of hydrogen-bond acceptors (Lipinski definition) is 4. The van der Waals surface area contributed by atoms with Gasteiger partial charge < -0.3 is 19.7 Å². The van der Waals surface area contributed by atoms with E-state index in [1.807, 2.05) is 72.8 Å². The molecule has 0 aliphatic carbocycles. The number of para-hydroxylation sites is 1. The van der Waals surface area contributed by atoms with E-state index < -0.39 is 6.04 Å². The normalized spacial score (nSPS) is 11.4. The Morgan fingerprint density at radius 1 is 0.846 bits per heavy atom. The standard InChI is InChI=1S/C31H28Cl2N2O4/c1-38-26-16-12-22(13-17-26)20-35(29(36)21-39-27-10-6-3-7-11-27)30(23-8-4-2-5-9-23)31(37)34-19-24-14-15-25(32)18-28(24)33/h2-18,30H,19-21H2,1H3,(H,34,37)/t30-/m0/s1. The number of halogens is 2. The molecule has 0 aromatic heterocycles. The van der Waals surface area contributed by atoms with Crippen LogP contribution in [0.5, 0.6) is 11.5 Å². The highest BCUT2D eigenvalue weighted by Gasteiger charge is 2.32. The summed E-state index contributed by atoms with van der Waals surface area (Å²) in [6, 6.07) is 29.8. The van der Waals surface area contributed by atoms with Gasteiger partial charge in [0, 0.05) is 23.1 Å². The highest BCUT2D eigenvalue weighted by atomic mass is 35.5. The third kappa shape index (κ3) is 7.76. The van der Waals surface area contributed by atoms with E-state index >= 15 is 0 Å². The van der Waals surface area contributed by atoms with Gasteiger partial charge in [0.05, 0.1) is 7.11 Å². The summed E-state index contributed by atoms with van der Waals surface area (Å²) >= 11 is 12.3. The van der Waals surface area contributed by atoms with Gasteiger partial charge in [-0.05, 0) is 53.1 Å². The topological polar surface area (TPSA) is 67.9 Å². The minimum atomic E-state index is -0.925. The predicted octanol–water partition coefficient (Wildman–Crippen LogP) is 6.47. The van der Waals surface area contributed by atoms with Crippen LogP contribution < -0.4 is 14.8 Å². The summed E-state index contributed by atoms with van der Waals surface area (Å²) in [7, 11) is 1.59. The number of hydrogen-bond donors (Lipinski definition) is 1. The van der Waals surface area contributed by atoms with Gasteiger partial charge in [-0.2, -0.15) is 0 Å². The maximum absolute atomic E-state index is 13.8. The number of ether oxygens (including phenoxy) is 2. The van der Waals surface area contributed by atoms with E-state index in [4.69, 9.17) is 32.7 Å². The summed E-state index contributed by atoms with van der Waals surface area (Å²) in [5.74, 6) is 0.562. The molecule has 2 amide bonds. The molecule has 4 aromatic carbocycles. The maximum Gasteiger partial charge on any atom is 0.261 e. The Morgan fingerprint density at radius 3 is 2.15 bits per heavy atom. The molecule has 0 saturated carbocycles. The molecule has 1 N–H and O–H groups in total. The molecule has 0 fully saturated rings. The lowest BCUT2D eigenvalue weighted by Crippen LogP contribution is -2.45. The second-order valence-corrected chi connectivity index (χ2v) is 9.58. The summed E-state index contributed by atoms with van der Waals surface area (Å²) in [6.45, 7) is 0.110. The molecule has 39 heavy (non-hydrogen) atoms. The molecule has 6 nitrogen and oxygen atoms in total. The third-order valence-electron chi connectivity index (χ3n) is 6.08. The highest BCUT2D eigenvalue weighted by Crippen LogP contribution is 2.26. The van der Waals surface area contributed by atoms with Crippen LogP contribution in [0, 0.1) is 0 Å². The van der Waals surface area contributed by atoms with Crippen LogP contribution in [0.15, 0.2) is 103 Å². The molecule has 0 aliphatic heterocycles. The molecule has 0 spiro atoms. The van der Waals surface area contributed by atoms with Gasteiger partial charge in [0.15, 0.2) is 6.61 Å². The quantitative estimate of drug-likeness (QED) is 0.227. The van der Waals surface area contributed by atoms with Gasteiger partial charge in [0.1, 0.15) is 17.5 Å². The summed E-state index contributed by atoms with van der Waals surface area (Å²) in [5.41, 5.74) is 2.21. The van der Waals surface area contributed by atoms with Crippen LogP contribution in [-0.2, 0) is 22.7 Å². The summed E-state index contributed by atoms with van der Waals surface area (Å²) < 4.78 is 11.0. The average Bonchev–Trinajstić information content (AvgIpc) is 2.96. The molecule has 4 rings (SSSR count). The predicted molar refractivity (Wildman–Crippen MR) is 153 cm³/mol. The molecule has 0 saturated heterocycles. The van der Waals surface area contributed by atoms with Gasteiger partial charge in [0.25, 0.3) is 5.91 Å². The first-order valence-corrected chi connectivity index (χ1v) is 13.1. The Bertz CT molecular complexity index is 1380. The van der Waals surface area contributed by atoms with Crippen molar-refractivity contribution in [3.8, 4) is 11.5 Å². The highest BCUT2D eigenvalue weighted by molar-refractivity contribution is 6.35. The Balaban J connectivity index is 1.64. The maximum atomic E-state index is 13.8. The van der Waals surface area contributed by atoms with Crippen LogP contribution in [0.4, 0.5) is 0 Å². The van der Waals surface area contributed by atoms with Crippen molar-refractivity contribution in [3.63, 3.8) is 0 Å². The Labute approximate surface area is 238 Å². The summed E-state index contributed by atoms with van der Waals surface area (Å²) in [5, 5.41) is 3.90. The van der Waals surface area contributed by atoms with Gasteiger partial charge in [-0.1, -0.05) is 89.9 Å². The van der Waals surface area contributed by atoms with Crippen LogP contribution in [0.2, 0.25) is 10.0 Å². The van der Waals surface area contributed by atoms with Crippen molar-refractivity contribution < 1.29 is 19.1 Å². The van der Waals surface area contributed by atoms with E-state index in [1.165, 1.54) is 4.90 Å². The molecular weight excluding hydrogens is 535 g/mol. The van der Waals surface area contributed by atoms with Crippen LogP contribution in [0.1, 0.15) is 22.7 Å². The Hall–Kier alpha value is -4.00. The first-order valence-electron chi connectivity index (χ1n) is 12.3. The van der Waals surface area contributed by atoms with E-state index in [2.05, 4.69) is 5.32 Å². The van der Waals surface area contributed by atoms with Crippen LogP contribution in [-0.4, -0.2) is 30.4 Å². The zero-order chi connectivity index (χ0) is 27.6. The number of methoxy groups -OCH3 is 1. The van der Waals surface area contributed by atoms with Gasteiger partial charge >= 0.3 is 0 Å². The lowest BCUT2D eigenvalue weighted by molar-refractivity contribution is -0.143. The average molecular weight is 563 g/mol. The van der Waals surface area contributed by atoms with Crippen LogP contribution in [0.25, 0.3) is 0 Å². The zero-order valence-corrected chi connectivity index (χ0v) is 22.9. The van der Waals surface area contributed by atoms with Crippen molar-refractivity contribution >= 4 is 35.0 Å². The second kappa shape index (κ2) is 13.7. The van der Waals surface area contributed by atoms with Crippen molar-refractivity contribution in [2.45, 2.75) is 19.1 Å². The molecule has 200 valence electrons. The van der Waals surface area contributed by atoms with Crippen molar-refractivity contribution in [3.05, 3.63) is 130 Å². The van der Waals surface area contributed by atoms with E-state index in [0.717, 1.165) is 5.56 Å². The number of rotatable bonds is 11. The van der Waals surface area contributed by atoms with Crippen molar-refractivity contribution in [1.29, 1.82) is 0 Å². The lowest BCUT2D eigenvalue weighted by Gasteiger charge is -2.31. The number of nitrogens with one attached hydrogen (secondary N) is 1. The third-order valence-corrected chi connectivity index (χ3v) is 6.67. The van der Waals surface area contributed by atoms with Crippen molar-refractivity contribution in [2.75, 3.05) is 13.7 Å². The first-order chi connectivity index (χ1) is 18.9. The molecule has 0 bridgehead atoms. The van der Waals surface area contributed by atoms with Crippen molar-refractivity contribution in [1.82, 2.24) is 10.2 Å². The van der Waals surface area contributed by atoms with E-state index in [0.29, 0.717) is 32.7 Å². The van der Waals surface area contributed by atoms with Gasteiger partial charge in [0.2, 0.25) is 5.91 Å². The number of benzene rings is 4. The van der Waals surface area contributed by atoms with E-state index in [9.17, 15) is 9.59 Å². The lowest BCUT2D eigenvalue weighted by atomic mass is 10.0. The fourth-order valence-electron chi connectivity index (χ4n) is 4.05. The Morgan fingerprint density at radius 2 is 1.51 bits per heavy atom. The molecular formula is C31H28Cl2N2O4. The second-order valence-electron chi connectivity index (χ2n) is 8.74. The minimum absolute atomic E-state index is 0.170. The smallest absolute Gasteiger partial charge is 0.261 e. The molecule has 0 aliphatic rings. The monoisotopic (exact) mass is 562 g/mol. The minimum Gasteiger partial charge on any atom is -0.497 e. The van der Waals surface area contributed by atoms with Crippen LogP contribution >= 0.6 is 23.2 Å². The fraction of sp³-hybridized carbons (Fsp3) is 0.161. The number of nitrogens with zero attached hydrogens (tertiary/aromatic N) is 1. The summed E-state index contributed by atoms with van der Waals surface area (Å²) in [4.78, 5) is 29.0. The fourth-order valence-corrected chi connectivity index (χ4v) is 4.52. The molecule has 0 radical (unpaired) electrons. The van der Waals surface area contributed by atoms with Crippen LogP contribution in [0.3, 0.4) is 0 Å². The molecule has 8 heteroatoms. The van der Waals surface area contributed by atoms with E-state index in [-0.39, 0.29) is 31.5 Å². The Kier molecular flexibility index (Phi) is 9.84.